The van der Waals surface area contributed by atoms with E-state index in [1.165, 1.54) is 5.52 Å². The largest absolute Gasteiger partial charge is 0.347 e. The van der Waals surface area contributed by atoms with Gasteiger partial charge in [-0.3, -0.25) is 0 Å². The summed E-state index contributed by atoms with van der Waals surface area (Å²) in [5, 5.41) is 5.22. The Morgan fingerprint density at radius 3 is 2.89 bits per heavy atom. The van der Waals surface area contributed by atoms with Crippen LogP contribution in [0.2, 0.25) is 0 Å². The van der Waals surface area contributed by atoms with Crippen LogP contribution >= 0.6 is 0 Å². The zero-order valence-corrected chi connectivity index (χ0v) is 11.1. The number of nitrogens with zero attached hydrogens (tertiary/aromatic N) is 3. The quantitative estimate of drug-likeness (QED) is 0.778. The Labute approximate surface area is 111 Å². The van der Waals surface area contributed by atoms with Crippen LogP contribution in [0.4, 0.5) is 0 Å². The molecule has 2 heterocycles. The number of rotatable bonds is 3. The van der Waals surface area contributed by atoms with E-state index >= 15 is 0 Å². The highest BCUT2D eigenvalue weighted by Crippen LogP contribution is 2.32. The third kappa shape index (κ3) is 1.82. The van der Waals surface area contributed by atoms with Gasteiger partial charge in [0.2, 0.25) is 11.7 Å². The number of hydrogen-bond acceptors (Lipinski definition) is 4. The lowest BCUT2D eigenvalue weighted by Crippen LogP contribution is -2.02. The van der Waals surface area contributed by atoms with Crippen molar-refractivity contribution in [2.75, 3.05) is 6.54 Å². The lowest BCUT2D eigenvalue weighted by Gasteiger charge is -1.97. The fourth-order valence-corrected chi connectivity index (χ4v) is 2.38. The summed E-state index contributed by atoms with van der Waals surface area (Å²) < 4.78 is 7.36. The molecular formula is C14H16N4O. The highest BCUT2D eigenvalue weighted by Gasteiger charge is 2.17. The first-order valence-corrected chi connectivity index (χ1v) is 6.29. The minimum Gasteiger partial charge on any atom is -0.347 e. The van der Waals surface area contributed by atoms with Crippen molar-refractivity contribution < 1.29 is 4.52 Å². The number of hydrogen-bond donors (Lipinski definition) is 1. The Morgan fingerprint density at radius 2 is 2.11 bits per heavy atom. The van der Waals surface area contributed by atoms with Crippen LogP contribution in [0.15, 0.2) is 28.8 Å². The van der Waals surface area contributed by atoms with Gasteiger partial charge in [-0.15, -0.1) is 0 Å². The Morgan fingerprint density at radius 1 is 1.32 bits per heavy atom. The maximum Gasteiger partial charge on any atom is 0.228 e. The molecule has 0 saturated carbocycles. The second-order valence-corrected chi connectivity index (χ2v) is 4.59. The SMILES string of the molecule is Cc1c(-c2noc(CCN)n2)c2ccccc2n1C. The molecule has 0 radical (unpaired) electrons. The lowest BCUT2D eigenvalue weighted by molar-refractivity contribution is 0.380. The van der Waals surface area contributed by atoms with Crippen LogP contribution in [-0.2, 0) is 13.5 Å². The molecule has 3 aromatic rings. The number of benzene rings is 1. The predicted octanol–water partition coefficient (Wildman–Crippen LogP) is 2.04. The van der Waals surface area contributed by atoms with Gasteiger partial charge >= 0.3 is 0 Å². The second kappa shape index (κ2) is 4.51. The van der Waals surface area contributed by atoms with Crippen LogP contribution in [-0.4, -0.2) is 21.3 Å². The van der Waals surface area contributed by atoms with Crippen LogP contribution in [0.25, 0.3) is 22.3 Å². The predicted molar refractivity (Wildman–Crippen MR) is 73.7 cm³/mol. The molecule has 19 heavy (non-hydrogen) atoms. The van der Waals surface area contributed by atoms with Gasteiger partial charge in [0.25, 0.3) is 0 Å². The fourth-order valence-electron chi connectivity index (χ4n) is 2.38. The normalized spacial score (nSPS) is 11.3. The maximum atomic E-state index is 5.50. The van der Waals surface area contributed by atoms with E-state index < -0.39 is 0 Å². The van der Waals surface area contributed by atoms with E-state index in [4.69, 9.17) is 10.3 Å². The van der Waals surface area contributed by atoms with Crippen LogP contribution in [0.3, 0.4) is 0 Å². The number of fused-ring (bicyclic) bond motifs is 1. The Balaban J connectivity index is 2.21. The van der Waals surface area contributed by atoms with Crippen LogP contribution < -0.4 is 5.73 Å². The van der Waals surface area contributed by atoms with E-state index in [0.717, 1.165) is 16.6 Å². The van der Waals surface area contributed by atoms with Crippen molar-refractivity contribution >= 4 is 10.9 Å². The van der Waals surface area contributed by atoms with Crippen molar-refractivity contribution in [2.24, 2.45) is 12.8 Å². The summed E-state index contributed by atoms with van der Waals surface area (Å²) in [5.41, 5.74) is 8.83. The summed E-state index contributed by atoms with van der Waals surface area (Å²) in [7, 11) is 2.04. The molecule has 0 atom stereocenters. The molecule has 1 aromatic carbocycles. The molecule has 0 fully saturated rings. The minimum atomic E-state index is 0.510. The number of aromatic nitrogens is 3. The summed E-state index contributed by atoms with van der Waals surface area (Å²) in [6.07, 6.45) is 0.608. The molecule has 0 amide bonds. The average Bonchev–Trinajstić information content (AvgIpc) is 2.96. The summed E-state index contributed by atoms with van der Waals surface area (Å²) in [6, 6.07) is 8.22. The molecule has 0 saturated heterocycles. The summed E-state index contributed by atoms with van der Waals surface area (Å²) >= 11 is 0. The van der Waals surface area contributed by atoms with Gasteiger partial charge in [-0.05, 0) is 13.0 Å². The highest BCUT2D eigenvalue weighted by molar-refractivity contribution is 5.96. The zero-order valence-electron chi connectivity index (χ0n) is 11.1. The third-order valence-corrected chi connectivity index (χ3v) is 3.45. The number of aryl methyl sites for hydroxylation is 1. The van der Waals surface area contributed by atoms with Gasteiger partial charge in [0.05, 0.1) is 5.56 Å². The van der Waals surface area contributed by atoms with E-state index in [-0.39, 0.29) is 0 Å². The Hall–Kier alpha value is -2.14. The van der Waals surface area contributed by atoms with E-state index in [9.17, 15) is 0 Å². The van der Waals surface area contributed by atoms with Gasteiger partial charge < -0.3 is 14.8 Å². The van der Waals surface area contributed by atoms with Crippen molar-refractivity contribution in [3.63, 3.8) is 0 Å². The summed E-state index contributed by atoms with van der Waals surface area (Å²) in [5.74, 6) is 1.22. The molecule has 0 aliphatic rings. The standard InChI is InChI=1S/C14H16N4O/c1-9-13(14-16-12(7-8-15)19-17-14)10-5-3-4-6-11(10)18(9)2/h3-6H,7-8,15H2,1-2H3. The topological polar surface area (TPSA) is 69.9 Å². The highest BCUT2D eigenvalue weighted by atomic mass is 16.5. The molecule has 0 aliphatic heterocycles. The summed E-state index contributed by atoms with van der Waals surface area (Å²) in [4.78, 5) is 4.42. The van der Waals surface area contributed by atoms with Crippen molar-refractivity contribution in [3.05, 3.63) is 35.9 Å². The summed E-state index contributed by atoms with van der Waals surface area (Å²) in [6.45, 7) is 2.57. The van der Waals surface area contributed by atoms with E-state index in [0.29, 0.717) is 24.7 Å². The van der Waals surface area contributed by atoms with Gasteiger partial charge in [0.1, 0.15) is 0 Å². The third-order valence-electron chi connectivity index (χ3n) is 3.45. The molecule has 0 aliphatic carbocycles. The smallest absolute Gasteiger partial charge is 0.228 e. The molecule has 0 unspecified atom stereocenters. The molecule has 3 rings (SSSR count). The second-order valence-electron chi connectivity index (χ2n) is 4.59. The molecule has 98 valence electrons. The number of nitrogens with two attached hydrogens (primary N) is 1. The van der Waals surface area contributed by atoms with E-state index in [1.54, 1.807) is 0 Å². The van der Waals surface area contributed by atoms with Gasteiger partial charge in [-0.25, -0.2) is 0 Å². The van der Waals surface area contributed by atoms with Gasteiger partial charge in [-0.1, -0.05) is 23.4 Å². The molecule has 0 bridgehead atoms. The zero-order chi connectivity index (χ0) is 13.4. The molecular weight excluding hydrogens is 240 g/mol. The van der Waals surface area contributed by atoms with E-state index in [2.05, 4.69) is 33.8 Å². The molecule has 0 spiro atoms. The Bertz CT molecular complexity index is 726. The van der Waals surface area contributed by atoms with Gasteiger partial charge in [0, 0.05) is 36.6 Å². The van der Waals surface area contributed by atoms with E-state index in [1.807, 2.05) is 19.2 Å². The first-order chi connectivity index (χ1) is 9.22. The van der Waals surface area contributed by atoms with Gasteiger partial charge in [0.15, 0.2) is 0 Å². The first-order valence-electron chi connectivity index (χ1n) is 6.29. The fraction of sp³-hybridized carbons (Fsp3) is 0.286. The van der Waals surface area contributed by atoms with Crippen molar-refractivity contribution in [1.29, 1.82) is 0 Å². The minimum absolute atomic E-state index is 0.510. The molecule has 5 heteroatoms. The first kappa shape index (κ1) is 11.9. The number of para-hydroxylation sites is 1. The average molecular weight is 256 g/mol. The van der Waals surface area contributed by atoms with Crippen LogP contribution in [0.5, 0.6) is 0 Å². The van der Waals surface area contributed by atoms with Crippen LogP contribution in [0, 0.1) is 6.92 Å². The lowest BCUT2D eigenvalue weighted by atomic mass is 10.1. The van der Waals surface area contributed by atoms with Gasteiger partial charge in [-0.2, -0.15) is 4.98 Å². The van der Waals surface area contributed by atoms with Crippen molar-refractivity contribution in [1.82, 2.24) is 14.7 Å². The molecule has 2 N–H and O–H groups in total. The Kier molecular flexibility index (Phi) is 2.83. The maximum absolute atomic E-state index is 5.50. The van der Waals surface area contributed by atoms with Crippen molar-refractivity contribution in [2.45, 2.75) is 13.3 Å². The van der Waals surface area contributed by atoms with Crippen molar-refractivity contribution in [3.8, 4) is 11.4 Å². The monoisotopic (exact) mass is 256 g/mol. The molecule has 5 nitrogen and oxygen atoms in total. The van der Waals surface area contributed by atoms with Crippen LogP contribution in [0.1, 0.15) is 11.6 Å². The molecule has 2 aromatic heterocycles.